The van der Waals surface area contributed by atoms with Gasteiger partial charge in [0.2, 0.25) is 5.91 Å². The van der Waals surface area contributed by atoms with E-state index >= 15 is 0 Å². The first-order chi connectivity index (χ1) is 15.0. The Balaban J connectivity index is 1.20. The summed E-state index contributed by atoms with van der Waals surface area (Å²) >= 11 is 0. The van der Waals surface area contributed by atoms with E-state index in [4.69, 9.17) is 18.9 Å². The summed E-state index contributed by atoms with van der Waals surface area (Å²) in [5, 5.41) is 16.0. The van der Waals surface area contributed by atoms with Gasteiger partial charge in [-0.2, -0.15) is 0 Å². The lowest BCUT2D eigenvalue weighted by molar-refractivity contribution is -0.138. The Morgan fingerprint density at radius 3 is 2.61 bits per heavy atom. The molecule has 3 N–H and O–H groups in total. The number of carbonyl (C=O) groups is 2. The molecule has 3 heterocycles. The third-order valence-corrected chi connectivity index (χ3v) is 5.86. The van der Waals surface area contributed by atoms with Crippen LogP contribution in [0.2, 0.25) is 0 Å². The fourth-order valence-corrected chi connectivity index (χ4v) is 4.19. The van der Waals surface area contributed by atoms with Crippen LogP contribution in [0.5, 0.6) is 5.75 Å². The Labute approximate surface area is 180 Å². The smallest absolute Gasteiger partial charge is 0.319 e. The van der Waals surface area contributed by atoms with E-state index in [0.717, 1.165) is 0 Å². The van der Waals surface area contributed by atoms with Crippen LogP contribution in [0.1, 0.15) is 12.8 Å². The van der Waals surface area contributed by atoms with Crippen LogP contribution >= 0.6 is 0 Å². The Morgan fingerprint density at radius 2 is 1.94 bits per heavy atom. The number of methoxy groups -OCH3 is 1. The molecule has 31 heavy (non-hydrogen) atoms. The summed E-state index contributed by atoms with van der Waals surface area (Å²) in [5.41, 5.74) is 0.624. The van der Waals surface area contributed by atoms with Crippen LogP contribution in [-0.4, -0.2) is 92.4 Å². The zero-order valence-corrected chi connectivity index (χ0v) is 17.5. The number of nitrogens with one attached hydrogen (secondary N) is 2. The number of ether oxygens (including phenoxy) is 4. The SMILES string of the molecule is COc1ccc(NC(=O)NC[C@H]2O[C@@H]3C[C@@H](CC(=O)N4CCOCC4)O[C@@H]3[C@@H]2O)cc1. The monoisotopic (exact) mass is 435 g/mol. The molecule has 0 unspecified atom stereocenters. The molecule has 1 aromatic carbocycles. The van der Waals surface area contributed by atoms with E-state index in [1.165, 1.54) is 0 Å². The van der Waals surface area contributed by atoms with Crippen molar-refractivity contribution in [2.24, 2.45) is 0 Å². The number of nitrogens with zero attached hydrogens (tertiary/aromatic N) is 1. The number of carbonyl (C=O) groups excluding carboxylic acids is 2. The maximum absolute atomic E-state index is 12.4. The summed E-state index contributed by atoms with van der Waals surface area (Å²) in [5.74, 6) is 0.737. The van der Waals surface area contributed by atoms with Crippen LogP contribution in [0.15, 0.2) is 24.3 Å². The quantitative estimate of drug-likeness (QED) is 0.590. The van der Waals surface area contributed by atoms with E-state index in [9.17, 15) is 14.7 Å². The van der Waals surface area contributed by atoms with Crippen LogP contribution in [0.4, 0.5) is 10.5 Å². The third kappa shape index (κ3) is 5.27. The van der Waals surface area contributed by atoms with E-state index in [2.05, 4.69) is 10.6 Å². The molecule has 0 spiro atoms. The average Bonchev–Trinajstić information content (AvgIpc) is 3.31. The maximum atomic E-state index is 12.4. The van der Waals surface area contributed by atoms with Gasteiger partial charge in [0.25, 0.3) is 0 Å². The predicted octanol–water partition coefficient (Wildman–Crippen LogP) is 0.351. The molecule has 3 fully saturated rings. The summed E-state index contributed by atoms with van der Waals surface area (Å²) in [7, 11) is 1.57. The van der Waals surface area contributed by atoms with E-state index in [0.29, 0.717) is 44.2 Å². The highest BCUT2D eigenvalue weighted by Crippen LogP contribution is 2.35. The van der Waals surface area contributed by atoms with Crippen LogP contribution in [0, 0.1) is 0 Å². The van der Waals surface area contributed by atoms with Crippen molar-refractivity contribution in [1.82, 2.24) is 10.2 Å². The molecule has 0 bridgehead atoms. The highest BCUT2D eigenvalue weighted by Gasteiger charge is 2.50. The van der Waals surface area contributed by atoms with Crippen LogP contribution in [0.25, 0.3) is 0 Å². The van der Waals surface area contributed by atoms with Gasteiger partial charge in [0.1, 0.15) is 24.1 Å². The van der Waals surface area contributed by atoms with Crippen molar-refractivity contribution >= 4 is 17.6 Å². The van der Waals surface area contributed by atoms with Gasteiger partial charge in [-0.15, -0.1) is 0 Å². The Morgan fingerprint density at radius 1 is 1.19 bits per heavy atom. The average molecular weight is 435 g/mol. The molecule has 10 heteroatoms. The molecule has 3 amide bonds. The number of aliphatic hydroxyl groups excluding tert-OH is 1. The van der Waals surface area contributed by atoms with Gasteiger partial charge in [-0.05, 0) is 24.3 Å². The van der Waals surface area contributed by atoms with Crippen molar-refractivity contribution in [2.75, 3.05) is 45.3 Å². The second kappa shape index (κ2) is 9.82. The minimum atomic E-state index is -0.866. The lowest BCUT2D eigenvalue weighted by atomic mass is 10.1. The van der Waals surface area contributed by atoms with Gasteiger partial charge in [-0.1, -0.05) is 0 Å². The second-order valence-electron chi connectivity index (χ2n) is 7.92. The lowest BCUT2D eigenvalue weighted by Crippen LogP contribution is -2.43. The molecule has 0 radical (unpaired) electrons. The molecule has 0 aliphatic carbocycles. The number of aliphatic hydroxyl groups is 1. The third-order valence-electron chi connectivity index (χ3n) is 5.86. The van der Waals surface area contributed by atoms with Crippen molar-refractivity contribution < 1.29 is 33.6 Å². The number of fused-ring (bicyclic) bond motifs is 1. The minimum Gasteiger partial charge on any atom is -0.497 e. The minimum absolute atomic E-state index is 0.0381. The maximum Gasteiger partial charge on any atom is 0.319 e. The van der Waals surface area contributed by atoms with Crippen LogP contribution in [0.3, 0.4) is 0 Å². The molecule has 170 valence electrons. The van der Waals surface area contributed by atoms with Gasteiger partial charge in [0.05, 0.1) is 39.0 Å². The van der Waals surface area contributed by atoms with E-state index in [1.807, 2.05) is 0 Å². The summed E-state index contributed by atoms with van der Waals surface area (Å²) < 4.78 is 22.2. The zero-order valence-electron chi connectivity index (χ0n) is 17.5. The summed E-state index contributed by atoms with van der Waals surface area (Å²) in [4.78, 5) is 26.3. The van der Waals surface area contributed by atoms with Gasteiger partial charge in [-0.25, -0.2) is 4.79 Å². The van der Waals surface area contributed by atoms with Gasteiger partial charge in [-0.3, -0.25) is 4.79 Å². The summed E-state index contributed by atoms with van der Waals surface area (Å²) in [6.07, 6.45) is -1.65. The fraction of sp³-hybridized carbons (Fsp3) is 0.619. The van der Waals surface area contributed by atoms with Gasteiger partial charge < -0.3 is 39.6 Å². The Hall–Kier alpha value is -2.40. The van der Waals surface area contributed by atoms with Gasteiger partial charge >= 0.3 is 6.03 Å². The number of amides is 3. The van der Waals surface area contributed by atoms with Crippen LogP contribution in [-0.2, 0) is 19.0 Å². The molecular weight excluding hydrogens is 406 g/mol. The van der Waals surface area contributed by atoms with Crippen molar-refractivity contribution in [1.29, 1.82) is 0 Å². The molecule has 0 aromatic heterocycles. The standard InChI is InChI=1S/C21H29N3O7/c1-28-14-4-2-13(3-5-14)23-21(27)22-12-17-19(26)20-16(31-17)10-15(30-20)11-18(25)24-6-8-29-9-7-24/h2-5,15-17,19-20,26H,6-12H2,1H3,(H2,22,23,27)/t15-,16+,17+,19+,20-/m0/s1. The van der Waals surface area contributed by atoms with Crippen LogP contribution < -0.4 is 15.4 Å². The molecular formula is C21H29N3O7. The molecule has 0 saturated carbocycles. The van der Waals surface area contributed by atoms with Crippen molar-refractivity contribution in [2.45, 2.75) is 43.4 Å². The number of benzene rings is 1. The lowest BCUT2D eigenvalue weighted by Gasteiger charge is -2.28. The largest absolute Gasteiger partial charge is 0.497 e. The van der Waals surface area contributed by atoms with Crippen molar-refractivity contribution in [3.05, 3.63) is 24.3 Å². The normalized spacial score (nSPS) is 30.0. The van der Waals surface area contributed by atoms with Crippen molar-refractivity contribution in [3.8, 4) is 5.75 Å². The number of hydrogen-bond donors (Lipinski definition) is 3. The fourth-order valence-electron chi connectivity index (χ4n) is 4.19. The van der Waals surface area contributed by atoms with E-state index in [1.54, 1.807) is 36.3 Å². The molecule has 4 rings (SSSR count). The van der Waals surface area contributed by atoms with E-state index in [-0.39, 0.29) is 31.1 Å². The number of anilines is 1. The Kier molecular flexibility index (Phi) is 6.91. The molecule has 1 aromatic rings. The molecule has 3 saturated heterocycles. The first-order valence-electron chi connectivity index (χ1n) is 10.6. The number of morpholine rings is 1. The number of hydrogen-bond acceptors (Lipinski definition) is 7. The molecule has 10 nitrogen and oxygen atoms in total. The Bertz CT molecular complexity index is 769. The summed E-state index contributed by atoms with van der Waals surface area (Å²) in [6.45, 7) is 2.47. The van der Waals surface area contributed by atoms with Gasteiger partial charge in [0.15, 0.2) is 0 Å². The van der Waals surface area contributed by atoms with Crippen molar-refractivity contribution in [3.63, 3.8) is 0 Å². The molecule has 5 atom stereocenters. The number of urea groups is 1. The van der Waals surface area contributed by atoms with E-state index < -0.39 is 24.3 Å². The number of rotatable bonds is 6. The summed E-state index contributed by atoms with van der Waals surface area (Å²) in [6, 6.07) is 6.57. The molecule has 3 aliphatic rings. The highest BCUT2D eigenvalue weighted by atomic mass is 16.6. The zero-order chi connectivity index (χ0) is 21.8. The predicted molar refractivity (Wildman–Crippen MR) is 110 cm³/mol. The first kappa shape index (κ1) is 21.8. The second-order valence-corrected chi connectivity index (χ2v) is 7.92. The first-order valence-corrected chi connectivity index (χ1v) is 10.6. The molecule has 3 aliphatic heterocycles. The highest BCUT2D eigenvalue weighted by molar-refractivity contribution is 5.89. The van der Waals surface area contributed by atoms with Gasteiger partial charge in [0, 0.05) is 31.7 Å². The topological polar surface area (TPSA) is 119 Å².